The normalized spacial score (nSPS) is 15.1. The van der Waals surface area contributed by atoms with Gasteiger partial charge in [0.2, 0.25) is 0 Å². The van der Waals surface area contributed by atoms with Crippen LogP contribution in [0.5, 0.6) is 0 Å². The third-order valence-corrected chi connectivity index (χ3v) is 10.8. The van der Waals surface area contributed by atoms with Gasteiger partial charge in [-0.2, -0.15) is 10.5 Å². The highest BCUT2D eigenvalue weighted by Crippen LogP contribution is 2.48. The highest BCUT2D eigenvalue weighted by atomic mass is 32.1. The van der Waals surface area contributed by atoms with Crippen LogP contribution in [0.25, 0.3) is 76.0 Å². The molecule has 0 saturated carbocycles. The molecule has 1 atom stereocenters. The third-order valence-electron chi connectivity index (χ3n) is 9.72. The molecule has 3 heterocycles. The van der Waals surface area contributed by atoms with Gasteiger partial charge in [0.15, 0.2) is 0 Å². The lowest BCUT2D eigenvalue weighted by Crippen LogP contribution is -2.22. The first-order valence-electron chi connectivity index (χ1n) is 16.4. The molecule has 0 amide bonds. The summed E-state index contributed by atoms with van der Waals surface area (Å²) in [6.45, 7) is 0. The first-order valence-corrected chi connectivity index (χ1v) is 17.2. The van der Waals surface area contributed by atoms with Gasteiger partial charge in [0.05, 0.1) is 6.07 Å². The maximum absolute atomic E-state index is 9.39. The Labute approximate surface area is 288 Å². The summed E-state index contributed by atoms with van der Waals surface area (Å²) in [5.41, 5.74) is 12.2. The van der Waals surface area contributed by atoms with Crippen molar-refractivity contribution in [2.75, 3.05) is 0 Å². The number of hydrogen-bond donors (Lipinski definition) is 1. The zero-order chi connectivity index (χ0) is 32.9. The van der Waals surface area contributed by atoms with E-state index in [-0.39, 0.29) is 6.04 Å². The number of hydrogen-bond acceptors (Lipinski definition) is 5. The molecule has 230 valence electrons. The van der Waals surface area contributed by atoms with E-state index >= 15 is 0 Å². The second-order valence-corrected chi connectivity index (χ2v) is 13.6. The lowest BCUT2D eigenvalue weighted by molar-refractivity contribution is 0.844. The molecule has 0 saturated heterocycles. The zero-order valence-corrected chi connectivity index (χ0v) is 27.3. The highest BCUT2D eigenvalue weighted by Gasteiger charge is 2.21. The van der Waals surface area contributed by atoms with Crippen molar-refractivity contribution in [1.82, 2.24) is 10.3 Å². The van der Waals surface area contributed by atoms with Crippen LogP contribution in [0.2, 0.25) is 0 Å². The first kappa shape index (κ1) is 28.9. The number of thiophene rings is 1. The van der Waals surface area contributed by atoms with Gasteiger partial charge in [0.1, 0.15) is 17.8 Å². The number of nitrogens with zero attached hydrogens (tertiary/aromatic N) is 3. The minimum absolute atomic E-state index is 0.314. The summed E-state index contributed by atoms with van der Waals surface area (Å²) in [5.74, 6) is 0. The SMILES string of the molecule is N#Cc1cc(-c2ccc(-c3cc4sc5cc(-c6ccc(C7=CC(C#N)NC=C7)cc6)c6ccccc6c5c4c4c3C=CCC4)cc2)ccn1. The molecule has 1 aliphatic heterocycles. The van der Waals surface area contributed by atoms with Gasteiger partial charge in [-0.15, -0.1) is 11.3 Å². The number of aryl methyl sites for hydroxylation is 1. The summed E-state index contributed by atoms with van der Waals surface area (Å²) in [5, 5.41) is 27.0. The first-order chi connectivity index (χ1) is 24.2. The Morgan fingerprint density at radius 2 is 1.43 bits per heavy atom. The van der Waals surface area contributed by atoms with Gasteiger partial charge in [-0.25, -0.2) is 4.98 Å². The average molecular weight is 645 g/mol. The number of rotatable bonds is 4. The van der Waals surface area contributed by atoms with Crippen LogP contribution in [0.15, 0.2) is 128 Å². The van der Waals surface area contributed by atoms with E-state index < -0.39 is 0 Å². The van der Waals surface area contributed by atoms with Gasteiger partial charge in [-0.1, -0.05) is 84.9 Å². The van der Waals surface area contributed by atoms with Crippen LogP contribution in [0.3, 0.4) is 0 Å². The average Bonchev–Trinajstić information content (AvgIpc) is 3.56. The van der Waals surface area contributed by atoms with Gasteiger partial charge in [0, 0.05) is 26.4 Å². The fourth-order valence-corrected chi connectivity index (χ4v) is 8.62. The minimum Gasteiger partial charge on any atom is -0.373 e. The molecule has 4 nitrogen and oxygen atoms in total. The molecule has 5 heteroatoms. The summed E-state index contributed by atoms with van der Waals surface area (Å²) >= 11 is 1.88. The predicted octanol–water partition coefficient (Wildman–Crippen LogP) is 10.8. The van der Waals surface area contributed by atoms with Crippen molar-refractivity contribution in [3.8, 4) is 45.5 Å². The Kier molecular flexibility index (Phi) is 6.94. The monoisotopic (exact) mass is 644 g/mol. The van der Waals surface area contributed by atoms with Gasteiger partial charge in [0.25, 0.3) is 0 Å². The maximum atomic E-state index is 9.39. The molecule has 0 fully saturated rings. The molecule has 0 bridgehead atoms. The number of fused-ring (bicyclic) bond motifs is 7. The van der Waals surface area contributed by atoms with Crippen LogP contribution < -0.4 is 5.32 Å². The maximum Gasteiger partial charge on any atom is 0.141 e. The van der Waals surface area contributed by atoms with Crippen LogP contribution in [-0.4, -0.2) is 11.0 Å². The molecule has 9 rings (SSSR count). The number of allylic oxidation sites excluding steroid dienone is 3. The van der Waals surface area contributed by atoms with Crippen molar-refractivity contribution in [2.45, 2.75) is 18.9 Å². The molecule has 1 unspecified atom stereocenters. The molecule has 0 spiro atoms. The van der Waals surface area contributed by atoms with Gasteiger partial charge in [-0.05, 0) is 122 Å². The van der Waals surface area contributed by atoms with E-state index in [0.717, 1.165) is 35.1 Å². The molecule has 0 radical (unpaired) electrons. The predicted molar refractivity (Wildman–Crippen MR) is 203 cm³/mol. The Balaban J connectivity index is 1.19. The van der Waals surface area contributed by atoms with E-state index in [2.05, 4.69) is 120 Å². The van der Waals surface area contributed by atoms with E-state index in [1.54, 1.807) is 6.20 Å². The lowest BCUT2D eigenvalue weighted by Gasteiger charge is -2.18. The Morgan fingerprint density at radius 1 is 0.714 bits per heavy atom. The lowest BCUT2D eigenvalue weighted by atomic mass is 9.85. The Hall–Kier alpha value is -6.27. The van der Waals surface area contributed by atoms with E-state index in [0.29, 0.717) is 5.69 Å². The Bertz CT molecular complexity index is 2640. The smallest absolute Gasteiger partial charge is 0.141 e. The molecule has 7 aromatic rings. The van der Waals surface area contributed by atoms with Crippen molar-refractivity contribution in [1.29, 1.82) is 10.5 Å². The van der Waals surface area contributed by atoms with E-state index in [4.69, 9.17) is 0 Å². The molecule has 1 aliphatic carbocycles. The molecule has 5 aromatic carbocycles. The molecular weight excluding hydrogens is 617 g/mol. The van der Waals surface area contributed by atoms with E-state index in [9.17, 15) is 10.5 Å². The number of nitriles is 2. The molecule has 2 aliphatic rings. The molecule has 49 heavy (non-hydrogen) atoms. The van der Waals surface area contributed by atoms with Crippen LogP contribution in [0.4, 0.5) is 0 Å². The van der Waals surface area contributed by atoms with Gasteiger partial charge in [-0.3, -0.25) is 0 Å². The second-order valence-electron chi connectivity index (χ2n) is 12.5. The van der Waals surface area contributed by atoms with Crippen molar-refractivity contribution in [3.05, 3.63) is 150 Å². The molecule has 1 N–H and O–H groups in total. The van der Waals surface area contributed by atoms with Gasteiger partial charge < -0.3 is 5.32 Å². The van der Waals surface area contributed by atoms with Gasteiger partial charge >= 0.3 is 0 Å². The van der Waals surface area contributed by atoms with Crippen LogP contribution in [0.1, 0.15) is 28.8 Å². The third kappa shape index (κ3) is 4.92. The number of pyridine rings is 1. The molecular formula is C44H28N4S. The molecule has 2 aromatic heterocycles. The fourth-order valence-electron chi connectivity index (χ4n) is 7.39. The summed E-state index contributed by atoms with van der Waals surface area (Å²) in [4.78, 5) is 4.13. The number of dihydropyridines is 1. The zero-order valence-electron chi connectivity index (χ0n) is 26.4. The standard InChI is InChI=1S/C44H28N4S/c45-25-33-21-31(17-19-47-33)27-9-13-29(14-10-27)39-23-41-43(37-7-3-1-5-35(37)39)44-38-8-4-2-6-36(38)40(24-42(44)49-41)30-15-11-28(12-16-30)32-18-20-48-34(22-32)26-46/h1-3,5-7,9-24,33,47H,4,8H2. The van der Waals surface area contributed by atoms with Crippen LogP contribution in [-0.2, 0) is 6.42 Å². The quantitative estimate of drug-likeness (QED) is 0.207. The number of nitrogens with one attached hydrogen (secondary N) is 1. The number of aromatic nitrogens is 1. The largest absolute Gasteiger partial charge is 0.373 e. The topological polar surface area (TPSA) is 72.5 Å². The summed E-state index contributed by atoms with van der Waals surface area (Å²) in [7, 11) is 0. The summed E-state index contributed by atoms with van der Waals surface area (Å²) in [6, 6.07) is 38.9. The van der Waals surface area contributed by atoms with Crippen molar-refractivity contribution in [2.24, 2.45) is 0 Å². The van der Waals surface area contributed by atoms with Crippen LogP contribution in [0, 0.1) is 22.7 Å². The van der Waals surface area contributed by atoms with Crippen molar-refractivity contribution in [3.63, 3.8) is 0 Å². The number of benzene rings is 5. The second kappa shape index (κ2) is 11.8. The van der Waals surface area contributed by atoms with E-state index in [1.165, 1.54) is 64.3 Å². The Morgan fingerprint density at radius 3 is 2.22 bits per heavy atom. The van der Waals surface area contributed by atoms with Crippen molar-refractivity contribution >= 4 is 53.9 Å². The summed E-state index contributed by atoms with van der Waals surface area (Å²) < 4.78 is 2.61. The summed E-state index contributed by atoms with van der Waals surface area (Å²) in [6.07, 6.45) is 14.2. The van der Waals surface area contributed by atoms with E-state index in [1.807, 2.05) is 41.8 Å². The fraction of sp³-hybridized carbons (Fsp3) is 0.0682. The van der Waals surface area contributed by atoms with Crippen molar-refractivity contribution < 1.29 is 0 Å². The van der Waals surface area contributed by atoms with Crippen LogP contribution >= 0.6 is 11.3 Å². The highest BCUT2D eigenvalue weighted by molar-refractivity contribution is 7.26. The minimum atomic E-state index is -0.314.